The standard InChI is InChI=1S/C15H24ClN3O2/c1-3-12-15(16)13(18(2)17-12)10-19-8-4-5-11(9-19)6-7-14(20)21/h11H,3-10H2,1-2H3,(H,20,21). The van der Waals surface area contributed by atoms with Crippen LogP contribution in [0.5, 0.6) is 0 Å². The summed E-state index contributed by atoms with van der Waals surface area (Å²) in [6.07, 6.45) is 4.13. The van der Waals surface area contributed by atoms with Gasteiger partial charge in [-0.15, -0.1) is 0 Å². The van der Waals surface area contributed by atoms with E-state index in [1.165, 1.54) is 0 Å². The van der Waals surface area contributed by atoms with Crippen molar-refractivity contribution < 1.29 is 9.90 Å². The molecule has 0 spiro atoms. The summed E-state index contributed by atoms with van der Waals surface area (Å²) in [6, 6.07) is 0. The molecule has 0 amide bonds. The molecule has 1 saturated heterocycles. The summed E-state index contributed by atoms with van der Waals surface area (Å²) in [7, 11) is 1.94. The molecule has 1 aliphatic rings. The highest BCUT2D eigenvalue weighted by atomic mass is 35.5. The second kappa shape index (κ2) is 7.27. The lowest BCUT2D eigenvalue weighted by Crippen LogP contribution is -2.35. The summed E-state index contributed by atoms with van der Waals surface area (Å²) in [4.78, 5) is 13.1. The lowest BCUT2D eigenvalue weighted by molar-refractivity contribution is -0.137. The zero-order valence-corrected chi connectivity index (χ0v) is 13.6. The molecule has 2 heterocycles. The number of piperidine rings is 1. The van der Waals surface area contributed by atoms with E-state index < -0.39 is 5.97 Å². The Labute approximate surface area is 130 Å². The Hall–Kier alpha value is -1.07. The van der Waals surface area contributed by atoms with Crippen LogP contribution in [-0.2, 0) is 24.8 Å². The Balaban J connectivity index is 1.96. The number of hydrogen-bond donors (Lipinski definition) is 1. The van der Waals surface area contributed by atoms with Crippen LogP contribution in [0.2, 0.25) is 5.02 Å². The first-order valence-corrected chi connectivity index (χ1v) is 8.03. The van der Waals surface area contributed by atoms with Gasteiger partial charge in [0.2, 0.25) is 0 Å². The largest absolute Gasteiger partial charge is 0.481 e. The fourth-order valence-corrected chi connectivity index (χ4v) is 3.42. The van der Waals surface area contributed by atoms with E-state index in [1.54, 1.807) is 0 Å². The Morgan fingerprint density at radius 3 is 2.90 bits per heavy atom. The lowest BCUT2D eigenvalue weighted by Gasteiger charge is -2.32. The van der Waals surface area contributed by atoms with E-state index in [1.807, 2.05) is 11.7 Å². The minimum Gasteiger partial charge on any atom is -0.481 e. The molecule has 5 nitrogen and oxygen atoms in total. The predicted octanol–water partition coefficient (Wildman–Crippen LogP) is 2.71. The molecule has 2 rings (SSSR count). The predicted molar refractivity (Wildman–Crippen MR) is 82.5 cm³/mol. The molecule has 0 bridgehead atoms. The van der Waals surface area contributed by atoms with Gasteiger partial charge >= 0.3 is 5.97 Å². The van der Waals surface area contributed by atoms with Gasteiger partial charge in [0, 0.05) is 26.6 Å². The van der Waals surface area contributed by atoms with Gasteiger partial charge in [-0.2, -0.15) is 5.10 Å². The van der Waals surface area contributed by atoms with Gasteiger partial charge in [-0.1, -0.05) is 18.5 Å². The van der Waals surface area contributed by atoms with Crippen LogP contribution < -0.4 is 0 Å². The van der Waals surface area contributed by atoms with Crippen LogP contribution in [0.15, 0.2) is 0 Å². The highest BCUT2D eigenvalue weighted by molar-refractivity contribution is 6.31. The first-order chi connectivity index (χ1) is 10.0. The third-order valence-corrected chi connectivity index (χ3v) is 4.68. The Kier molecular flexibility index (Phi) is 5.65. The van der Waals surface area contributed by atoms with Gasteiger partial charge in [-0.3, -0.25) is 14.4 Å². The number of halogens is 1. The van der Waals surface area contributed by atoms with Crippen molar-refractivity contribution in [3.8, 4) is 0 Å². The van der Waals surface area contributed by atoms with Gasteiger partial charge in [0.15, 0.2) is 0 Å². The molecule has 1 unspecified atom stereocenters. The second-order valence-corrected chi connectivity index (χ2v) is 6.24. The summed E-state index contributed by atoms with van der Waals surface area (Å²) in [5.41, 5.74) is 2.01. The number of carboxylic acids is 1. The van der Waals surface area contributed by atoms with Crippen LogP contribution in [0, 0.1) is 5.92 Å². The van der Waals surface area contributed by atoms with Crippen LogP contribution in [0.25, 0.3) is 0 Å². The average molecular weight is 314 g/mol. The van der Waals surface area contributed by atoms with Crippen molar-refractivity contribution in [2.45, 2.75) is 45.6 Å². The minimum atomic E-state index is -0.700. The molecule has 1 aliphatic heterocycles. The quantitative estimate of drug-likeness (QED) is 0.877. The fraction of sp³-hybridized carbons (Fsp3) is 0.733. The number of aliphatic carboxylic acids is 1. The average Bonchev–Trinajstić information content (AvgIpc) is 2.73. The Morgan fingerprint density at radius 2 is 2.29 bits per heavy atom. The van der Waals surface area contributed by atoms with Crippen LogP contribution in [-0.4, -0.2) is 38.8 Å². The molecule has 0 saturated carbocycles. The summed E-state index contributed by atoms with van der Waals surface area (Å²) >= 11 is 6.40. The second-order valence-electron chi connectivity index (χ2n) is 5.86. The number of aromatic nitrogens is 2. The smallest absolute Gasteiger partial charge is 0.303 e. The maximum Gasteiger partial charge on any atom is 0.303 e. The van der Waals surface area contributed by atoms with E-state index in [0.29, 0.717) is 5.92 Å². The molecular formula is C15H24ClN3O2. The van der Waals surface area contributed by atoms with E-state index in [4.69, 9.17) is 16.7 Å². The van der Waals surface area contributed by atoms with Gasteiger partial charge in [0.05, 0.1) is 16.4 Å². The van der Waals surface area contributed by atoms with Gasteiger partial charge in [-0.25, -0.2) is 0 Å². The number of carboxylic acid groups (broad SMARTS) is 1. The zero-order valence-electron chi connectivity index (χ0n) is 12.8. The van der Waals surface area contributed by atoms with Crippen LogP contribution in [0.1, 0.15) is 44.0 Å². The molecule has 6 heteroatoms. The summed E-state index contributed by atoms with van der Waals surface area (Å²) < 4.78 is 1.88. The lowest BCUT2D eigenvalue weighted by atomic mass is 9.93. The number of aryl methyl sites for hydroxylation is 2. The fourth-order valence-electron chi connectivity index (χ4n) is 3.06. The number of likely N-dealkylation sites (tertiary alicyclic amines) is 1. The summed E-state index contributed by atoms with van der Waals surface area (Å²) in [6.45, 7) is 4.86. The third-order valence-electron chi connectivity index (χ3n) is 4.25. The van der Waals surface area contributed by atoms with E-state index >= 15 is 0 Å². The molecule has 1 atom stereocenters. The minimum absolute atomic E-state index is 0.269. The van der Waals surface area contributed by atoms with Crippen molar-refractivity contribution in [1.29, 1.82) is 0 Å². The van der Waals surface area contributed by atoms with Gasteiger partial charge in [0.25, 0.3) is 0 Å². The summed E-state index contributed by atoms with van der Waals surface area (Å²) in [5.74, 6) is -0.220. The van der Waals surface area contributed by atoms with Crippen molar-refractivity contribution in [2.75, 3.05) is 13.1 Å². The van der Waals surface area contributed by atoms with E-state index in [2.05, 4.69) is 16.9 Å². The van der Waals surface area contributed by atoms with Crippen molar-refractivity contribution in [3.05, 3.63) is 16.4 Å². The monoisotopic (exact) mass is 313 g/mol. The topological polar surface area (TPSA) is 58.4 Å². The van der Waals surface area contributed by atoms with E-state index in [0.717, 1.165) is 61.7 Å². The van der Waals surface area contributed by atoms with E-state index in [9.17, 15) is 4.79 Å². The first-order valence-electron chi connectivity index (χ1n) is 7.65. The molecule has 21 heavy (non-hydrogen) atoms. The van der Waals surface area contributed by atoms with Crippen molar-refractivity contribution in [3.63, 3.8) is 0 Å². The molecule has 1 aromatic heterocycles. The summed E-state index contributed by atoms with van der Waals surface area (Å²) in [5, 5.41) is 14.0. The van der Waals surface area contributed by atoms with Crippen LogP contribution in [0.3, 0.4) is 0 Å². The number of rotatable bonds is 6. The third kappa shape index (κ3) is 4.20. The zero-order chi connectivity index (χ0) is 15.4. The van der Waals surface area contributed by atoms with Gasteiger partial charge in [0.1, 0.15) is 0 Å². The van der Waals surface area contributed by atoms with Crippen LogP contribution in [0.4, 0.5) is 0 Å². The number of nitrogens with zero attached hydrogens (tertiary/aromatic N) is 3. The van der Waals surface area contributed by atoms with Crippen LogP contribution >= 0.6 is 11.6 Å². The highest BCUT2D eigenvalue weighted by Crippen LogP contribution is 2.26. The van der Waals surface area contributed by atoms with Crippen molar-refractivity contribution in [2.24, 2.45) is 13.0 Å². The molecule has 0 aliphatic carbocycles. The van der Waals surface area contributed by atoms with Crippen molar-refractivity contribution >= 4 is 17.6 Å². The Morgan fingerprint density at radius 1 is 1.52 bits per heavy atom. The molecule has 118 valence electrons. The van der Waals surface area contributed by atoms with E-state index in [-0.39, 0.29) is 6.42 Å². The maximum absolute atomic E-state index is 10.7. The molecule has 1 fully saturated rings. The SMILES string of the molecule is CCc1nn(C)c(CN2CCCC(CCC(=O)O)C2)c1Cl. The number of carbonyl (C=O) groups is 1. The molecule has 0 radical (unpaired) electrons. The first kappa shape index (κ1) is 16.3. The maximum atomic E-state index is 10.7. The van der Waals surface area contributed by atoms with Crippen molar-refractivity contribution in [1.82, 2.24) is 14.7 Å². The Bertz CT molecular complexity index is 501. The molecule has 1 aromatic rings. The molecule has 1 N–H and O–H groups in total. The number of hydrogen-bond acceptors (Lipinski definition) is 3. The molecular weight excluding hydrogens is 290 g/mol. The molecule has 0 aromatic carbocycles. The normalized spacial score (nSPS) is 19.9. The van der Waals surface area contributed by atoms with Gasteiger partial charge < -0.3 is 5.11 Å². The van der Waals surface area contributed by atoms with Gasteiger partial charge in [-0.05, 0) is 38.1 Å². The highest BCUT2D eigenvalue weighted by Gasteiger charge is 2.23.